The molecule has 0 unspecified atom stereocenters. The Balaban J connectivity index is 0. The summed E-state index contributed by atoms with van der Waals surface area (Å²) < 4.78 is 0. The predicted octanol–water partition coefficient (Wildman–Crippen LogP) is -0.694. The Kier molecular flexibility index (Phi) is 4860. The van der Waals surface area contributed by atoms with Gasteiger partial charge in [0.2, 0.25) is 0 Å². The molecule has 0 saturated carbocycles. The molecule has 0 radical (unpaired) electrons. The molecule has 45 heteroatoms. The Morgan fingerprint density at radius 2 is 0.0444 bits per heavy atom. The number of hydrogen-bond donors (Lipinski definition) is 0. The van der Waals surface area contributed by atoms with E-state index in [1.54, 1.807) is 0 Å². The van der Waals surface area contributed by atoms with Crippen molar-refractivity contribution in [2.75, 3.05) is 0 Å². The standard InChI is InChI=1S/5O.40Ti/q5*-2;40*+4. The average Bonchev–Trinajstić information content (AvgIpc) is 0. The van der Waals surface area contributed by atoms with E-state index in [1.807, 2.05) is 0 Å². The Morgan fingerprint density at radius 3 is 0.0444 bits per heavy atom. The van der Waals surface area contributed by atoms with E-state index in [-0.39, 0.29) is 896 Å². The predicted molar refractivity (Wildman–Crippen MR) is 3.43 cm³/mol. The maximum Gasteiger partial charge on any atom is 4.00 e. The minimum absolute atomic E-state index is 0. The van der Waals surface area contributed by atoms with Crippen LogP contribution in [-0.2, 0) is 896 Å². The fourth-order valence-corrected chi connectivity index (χ4v) is 0. The second-order valence-corrected chi connectivity index (χ2v) is 0. The van der Waals surface area contributed by atoms with Crippen molar-refractivity contribution in [3.05, 3.63) is 0 Å². The number of rotatable bonds is 0. The zero-order valence-corrected chi connectivity index (χ0v) is 84.5. The first-order valence-electron chi connectivity index (χ1n) is 0. The molecule has 0 atom stereocenters. The van der Waals surface area contributed by atoms with E-state index >= 15 is 0 Å². The molecule has 40 valence electrons. The van der Waals surface area contributed by atoms with Gasteiger partial charge in [0, 0.05) is 0 Å². The van der Waals surface area contributed by atoms with Gasteiger partial charge in [0.25, 0.3) is 0 Å². The Bertz CT molecular complexity index is 22.6. The summed E-state index contributed by atoms with van der Waals surface area (Å²) in [5, 5.41) is 0. The normalized spacial score (nSPS) is 0. The summed E-state index contributed by atoms with van der Waals surface area (Å²) in [6, 6.07) is 0. The first-order valence-corrected chi connectivity index (χ1v) is 0. The van der Waals surface area contributed by atoms with Crippen LogP contribution in [0.3, 0.4) is 0 Å². The van der Waals surface area contributed by atoms with Gasteiger partial charge >= 0.3 is 869 Å². The molecule has 0 heterocycles. The van der Waals surface area contributed by atoms with Crippen molar-refractivity contribution in [3.8, 4) is 0 Å². The summed E-state index contributed by atoms with van der Waals surface area (Å²) in [5.41, 5.74) is 0. The Labute approximate surface area is 869 Å². The largest absolute Gasteiger partial charge is 4.00 e. The smallest absolute Gasteiger partial charge is 2.00 e. The molecule has 0 aliphatic rings. The van der Waals surface area contributed by atoms with Crippen LogP contribution >= 0.6 is 0 Å². The van der Waals surface area contributed by atoms with Crippen molar-refractivity contribution in [2.24, 2.45) is 0 Å². The molecule has 45 heavy (non-hydrogen) atoms. The van der Waals surface area contributed by atoms with E-state index in [9.17, 15) is 0 Å². The Hall–Kier alpha value is 28.4. The topological polar surface area (TPSA) is 142 Å². The summed E-state index contributed by atoms with van der Waals surface area (Å²) in [5.74, 6) is 0. The van der Waals surface area contributed by atoms with Crippen LogP contribution in [0, 0.1) is 0 Å². The van der Waals surface area contributed by atoms with E-state index in [0.717, 1.165) is 0 Å². The SMILES string of the molecule is [O-2].[O-2].[O-2].[O-2].[O-2].[Ti+4].[Ti+4].[Ti+4].[Ti+4].[Ti+4].[Ti+4].[Ti+4].[Ti+4].[Ti+4].[Ti+4].[Ti+4].[Ti+4].[Ti+4].[Ti+4].[Ti+4].[Ti+4].[Ti+4].[Ti+4].[Ti+4].[Ti+4].[Ti+4].[Ti+4].[Ti+4].[Ti+4].[Ti+4].[Ti+4].[Ti+4].[Ti+4].[Ti+4].[Ti+4].[Ti+4].[Ti+4].[Ti+4].[Ti+4].[Ti+4].[Ti+4].[Ti+4].[Ti+4].[Ti+4].[Ti+4]. The molecule has 0 bridgehead atoms. The second-order valence-electron chi connectivity index (χ2n) is 0. The van der Waals surface area contributed by atoms with Gasteiger partial charge in [-0.3, -0.25) is 0 Å². The zero-order valence-electron chi connectivity index (χ0n) is 22.0. The summed E-state index contributed by atoms with van der Waals surface area (Å²) in [6.07, 6.45) is 0. The van der Waals surface area contributed by atoms with Gasteiger partial charge in [-0.15, -0.1) is 0 Å². The van der Waals surface area contributed by atoms with Gasteiger partial charge in [0.05, 0.1) is 0 Å². The van der Waals surface area contributed by atoms with Crippen molar-refractivity contribution in [2.45, 2.75) is 0 Å². The van der Waals surface area contributed by atoms with Crippen LogP contribution in [0.5, 0.6) is 0 Å². The molecule has 0 fully saturated rings. The van der Waals surface area contributed by atoms with Gasteiger partial charge < -0.3 is 27.4 Å². The minimum atomic E-state index is 0. The molecule has 0 aliphatic carbocycles. The first kappa shape index (κ1) is 477. The van der Waals surface area contributed by atoms with Crippen molar-refractivity contribution < 1.29 is 896 Å². The molecule has 0 aromatic carbocycles. The van der Waals surface area contributed by atoms with Crippen LogP contribution in [-0.4, -0.2) is 0 Å². The molecule has 0 aromatic rings. The van der Waals surface area contributed by atoms with Crippen LogP contribution in [0.4, 0.5) is 0 Å². The second kappa shape index (κ2) is 458. The van der Waals surface area contributed by atoms with Gasteiger partial charge in [-0.2, -0.15) is 0 Å². The molecule has 0 rings (SSSR count). The molecule has 0 saturated heterocycles. The molecule has 0 spiro atoms. The van der Waals surface area contributed by atoms with Crippen LogP contribution < -0.4 is 0 Å². The van der Waals surface area contributed by atoms with E-state index < -0.39 is 0 Å². The third-order valence-electron chi connectivity index (χ3n) is 0. The monoisotopic (exact) mass is 2000 g/mol. The summed E-state index contributed by atoms with van der Waals surface area (Å²) in [4.78, 5) is 0. The maximum atomic E-state index is 0. The van der Waals surface area contributed by atoms with E-state index in [1.165, 1.54) is 0 Å². The van der Waals surface area contributed by atoms with Gasteiger partial charge in [-0.25, -0.2) is 0 Å². The summed E-state index contributed by atoms with van der Waals surface area (Å²) in [6.45, 7) is 0. The van der Waals surface area contributed by atoms with Crippen molar-refractivity contribution in [3.63, 3.8) is 0 Å². The Morgan fingerprint density at radius 1 is 0.0444 bits per heavy atom. The molecule has 5 nitrogen and oxygen atoms in total. The van der Waals surface area contributed by atoms with Gasteiger partial charge in [0.1, 0.15) is 0 Å². The average molecular weight is 1990 g/mol. The van der Waals surface area contributed by atoms with Crippen LogP contribution in [0.25, 0.3) is 0 Å². The summed E-state index contributed by atoms with van der Waals surface area (Å²) >= 11 is 0. The van der Waals surface area contributed by atoms with Crippen LogP contribution in [0.15, 0.2) is 0 Å². The third-order valence-corrected chi connectivity index (χ3v) is 0. The van der Waals surface area contributed by atoms with Gasteiger partial charge in [-0.1, -0.05) is 0 Å². The zero-order chi connectivity index (χ0) is 0. The summed E-state index contributed by atoms with van der Waals surface area (Å²) in [7, 11) is 0. The quantitative estimate of drug-likeness (QED) is 0.284. The van der Waals surface area contributed by atoms with E-state index in [0.29, 0.717) is 0 Å². The molecule has 0 N–H and O–H groups in total. The fourth-order valence-electron chi connectivity index (χ4n) is 0. The van der Waals surface area contributed by atoms with Crippen LogP contribution in [0.1, 0.15) is 0 Å². The molecular weight excluding hydrogens is 1990 g/mol. The molecular formula is O5Ti40+150. The minimum Gasteiger partial charge on any atom is -2.00 e. The molecule has 0 aromatic heterocycles. The van der Waals surface area contributed by atoms with Crippen molar-refractivity contribution >= 4 is 0 Å². The van der Waals surface area contributed by atoms with Gasteiger partial charge in [0.15, 0.2) is 0 Å². The fraction of sp³-hybridized carbons (Fsp3) is 0. The third kappa shape index (κ3) is 445. The van der Waals surface area contributed by atoms with E-state index in [4.69, 9.17) is 0 Å². The van der Waals surface area contributed by atoms with Crippen LogP contribution in [0.2, 0.25) is 0 Å². The first-order chi connectivity index (χ1) is 0. The molecule has 0 aliphatic heterocycles. The maximum absolute atomic E-state index is 0. The number of hydrogen-bond acceptors (Lipinski definition) is 0. The van der Waals surface area contributed by atoms with E-state index in [2.05, 4.69) is 0 Å². The van der Waals surface area contributed by atoms with Gasteiger partial charge in [-0.05, 0) is 0 Å². The van der Waals surface area contributed by atoms with Crippen molar-refractivity contribution in [1.82, 2.24) is 0 Å². The molecule has 0 amide bonds. The van der Waals surface area contributed by atoms with Crippen molar-refractivity contribution in [1.29, 1.82) is 0 Å².